The first-order chi connectivity index (χ1) is 11.8. The summed E-state index contributed by atoms with van der Waals surface area (Å²) in [6.45, 7) is -1.15. The Kier molecular flexibility index (Phi) is 7.73. The largest absolute Gasteiger partial charge is 0.493 e. The smallest absolute Gasteiger partial charge is 0.387 e. The maximum Gasteiger partial charge on any atom is 0.387 e. The minimum atomic E-state index is -3.16. The Hall–Kier alpha value is -2.75. The average molecular weight is 360 g/mol. The molecule has 0 aliphatic heterocycles. The van der Waals surface area contributed by atoms with E-state index in [4.69, 9.17) is 9.47 Å². The maximum atomic E-state index is 12.4. The van der Waals surface area contributed by atoms with E-state index in [2.05, 4.69) is 10.1 Å². The first-order valence-electron chi connectivity index (χ1n) is 7.07. The molecular formula is C15H18F2N2O6. The van der Waals surface area contributed by atoms with Crippen molar-refractivity contribution in [2.75, 3.05) is 20.8 Å². The predicted molar refractivity (Wildman–Crippen MR) is 84.8 cm³/mol. The molecule has 8 nitrogen and oxygen atoms in total. The third kappa shape index (κ3) is 6.34. The van der Waals surface area contributed by atoms with Crippen molar-refractivity contribution < 1.29 is 32.7 Å². The van der Waals surface area contributed by atoms with Crippen LogP contribution in [0.25, 0.3) is 6.08 Å². The van der Waals surface area contributed by atoms with Gasteiger partial charge in [0, 0.05) is 19.2 Å². The Labute approximate surface area is 142 Å². The number of methoxy groups -OCH3 is 2. The molecule has 0 fully saturated rings. The molecule has 1 amide bonds. The molecule has 0 heterocycles. The number of nitrogens with zero attached hydrogens (tertiary/aromatic N) is 1. The molecule has 10 heteroatoms. The molecule has 1 unspecified atom stereocenters. The number of halogens is 2. The van der Waals surface area contributed by atoms with Crippen LogP contribution in [0.4, 0.5) is 14.5 Å². The van der Waals surface area contributed by atoms with Gasteiger partial charge in [-0.05, 0) is 19.1 Å². The van der Waals surface area contributed by atoms with Crippen LogP contribution in [-0.4, -0.2) is 44.3 Å². The Morgan fingerprint density at radius 2 is 2.04 bits per heavy atom. The van der Waals surface area contributed by atoms with Gasteiger partial charge in [-0.25, -0.2) is 0 Å². The van der Waals surface area contributed by atoms with E-state index in [1.54, 1.807) is 6.92 Å². The van der Waals surface area contributed by atoms with E-state index in [0.717, 1.165) is 18.2 Å². The second-order valence-electron chi connectivity index (χ2n) is 4.90. The van der Waals surface area contributed by atoms with Gasteiger partial charge in [-0.3, -0.25) is 14.9 Å². The summed E-state index contributed by atoms with van der Waals surface area (Å²) in [7, 11) is 2.68. The van der Waals surface area contributed by atoms with Gasteiger partial charge >= 0.3 is 6.61 Å². The Bertz CT molecular complexity index is 651. The quantitative estimate of drug-likeness (QED) is 0.412. The van der Waals surface area contributed by atoms with Gasteiger partial charge in [0.1, 0.15) is 0 Å². The number of alkyl halides is 2. The highest BCUT2D eigenvalue weighted by Crippen LogP contribution is 2.36. The van der Waals surface area contributed by atoms with Crippen molar-refractivity contribution in [1.82, 2.24) is 5.32 Å². The van der Waals surface area contributed by atoms with Gasteiger partial charge < -0.3 is 19.5 Å². The van der Waals surface area contributed by atoms with E-state index < -0.39 is 28.9 Å². The zero-order valence-electron chi connectivity index (χ0n) is 13.8. The fourth-order valence-corrected chi connectivity index (χ4v) is 1.95. The Morgan fingerprint density at radius 1 is 1.36 bits per heavy atom. The van der Waals surface area contributed by atoms with Gasteiger partial charge in [0.25, 0.3) is 5.69 Å². The van der Waals surface area contributed by atoms with Crippen LogP contribution < -0.4 is 14.8 Å². The molecule has 0 aliphatic rings. The molecule has 0 aromatic heterocycles. The molecule has 138 valence electrons. The number of carbonyl (C=O) groups is 1. The van der Waals surface area contributed by atoms with Gasteiger partial charge in [-0.2, -0.15) is 8.78 Å². The first-order valence-corrected chi connectivity index (χ1v) is 7.07. The normalized spacial score (nSPS) is 12.2. The van der Waals surface area contributed by atoms with Crippen molar-refractivity contribution in [3.63, 3.8) is 0 Å². The average Bonchev–Trinajstić information content (AvgIpc) is 2.52. The molecule has 0 radical (unpaired) electrons. The molecule has 0 saturated heterocycles. The van der Waals surface area contributed by atoms with Crippen molar-refractivity contribution >= 4 is 17.7 Å². The SMILES string of the molecule is COCC(C)NC(=O)/C=C/c1cc(OC)c(OC(F)F)cc1[N+](=O)[O-]. The van der Waals surface area contributed by atoms with Crippen LogP contribution in [-0.2, 0) is 9.53 Å². The molecule has 1 aromatic carbocycles. The van der Waals surface area contributed by atoms with Crippen LogP contribution in [0.2, 0.25) is 0 Å². The summed E-state index contributed by atoms with van der Waals surface area (Å²) >= 11 is 0. The van der Waals surface area contributed by atoms with Crippen LogP contribution in [0.3, 0.4) is 0 Å². The first kappa shape index (κ1) is 20.3. The highest BCUT2D eigenvalue weighted by atomic mass is 19.3. The molecule has 25 heavy (non-hydrogen) atoms. The fraction of sp³-hybridized carbons (Fsp3) is 0.400. The number of nitrogens with one attached hydrogen (secondary N) is 1. The summed E-state index contributed by atoms with van der Waals surface area (Å²) in [4.78, 5) is 22.1. The van der Waals surface area contributed by atoms with Crippen molar-refractivity contribution in [3.8, 4) is 11.5 Å². The van der Waals surface area contributed by atoms with Gasteiger partial charge in [0.2, 0.25) is 5.91 Å². The van der Waals surface area contributed by atoms with Crippen molar-refractivity contribution in [3.05, 3.63) is 33.9 Å². The minimum absolute atomic E-state index is 0.00184. The van der Waals surface area contributed by atoms with E-state index in [-0.39, 0.29) is 17.4 Å². The van der Waals surface area contributed by atoms with E-state index in [1.807, 2.05) is 0 Å². The second kappa shape index (κ2) is 9.52. The number of benzene rings is 1. The molecule has 1 rings (SSSR count). The lowest BCUT2D eigenvalue weighted by Gasteiger charge is -2.11. The summed E-state index contributed by atoms with van der Waals surface area (Å²) in [5.41, 5.74) is -0.511. The van der Waals surface area contributed by atoms with Crippen LogP contribution in [0, 0.1) is 10.1 Å². The van der Waals surface area contributed by atoms with Gasteiger partial charge in [0.05, 0.1) is 30.3 Å². The molecular weight excluding hydrogens is 342 g/mol. The molecule has 0 aliphatic carbocycles. The summed E-state index contributed by atoms with van der Waals surface area (Å²) in [5.74, 6) is -1.09. The number of hydrogen-bond acceptors (Lipinski definition) is 6. The van der Waals surface area contributed by atoms with Crippen molar-refractivity contribution in [2.45, 2.75) is 19.6 Å². The maximum absolute atomic E-state index is 12.4. The molecule has 1 atom stereocenters. The van der Waals surface area contributed by atoms with Gasteiger partial charge in [-0.1, -0.05) is 0 Å². The standard InChI is InChI=1S/C15H18F2N2O6/c1-9(8-23-2)18-14(20)5-4-10-6-12(24-3)13(25-15(16)17)7-11(10)19(21)22/h4-7,9,15H,8H2,1-3H3,(H,18,20)/b5-4+. The van der Waals surface area contributed by atoms with E-state index >= 15 is 0 Å². The summed E-state index contributed by atoms with van der Waals surface area (Å²) in [6, 6.07) is 1.70. The minimum Gasteiger partial charge on any atom is -0.493 e. The monoisotopic (exact) mass is 360 g/mol. The number of amides is 1. The lowest BCUT2D eigenvalue weighted by Crippen LogP contribution is -2.34. The number of rotatable bonds is 9. The number of hydrogen-bond donors (Lipinski definition) is 1. The molecule has 1 N–H and O–H groups in total. The molecule has 0 spiro atoms. The molecule has 0 saturated carbocycles. The van der Waals surface area contributed by atoms with E-state index in [0.29, 0.717) is 6.61 Å². The van der Waals surface area contributed by atoms with Crippen molar-refractivity contribution in [2.24, 2.45) is 0 Å². The van der Waals surface area contributed by atoms with Crippen LogP contribution >= 0.6 is 0 Å². The summed E-state index contributed by atoms with van der Waals surface area (Å²) in [6.07, 6.45) is 2.27. The van der Waals surface area contributed by atoms with Crippen LogP contribution in [0.5, 0.6) is 11.5 Å². The molecule has 0 bridgehead atoms. The lowest BCUT2D eigenvalue weighted by molar-refractivity contribution is -0.385. The number of nitro benzene ring substituents is 1. The van der Waals surface area contributed by atoms with Crippen LogP contribution in [0.15, 0.2) is 18.2 Å². The third-order valence-electron chi connectivity index (χ3n) is 2.95. The Balaban J connectivity index is 3.10. The number of carbonyl (C=O) groups excluding carboxylic acids is 1. The zero-order valence-corrected chi connectivity index (χ0v) is 13.8. The van der Waals surface area contributed by atoms with Crippen molar-refractivity contribution in [1.29, 1.82) is 0 Å². The Morgan fingerprint density at radius 3 is 2.56 bits per heavy atom. The zero-order chi connectivity index (χ0) is 19.0. The second-order valence-corrected chi connectivity index (χ2v) is 4.90. The number of ether oxygens (including phenoxy) is 3. The molecule has 1 aromatic rings. The highest BCUT2D eigenvalue weighted by molar-refractivity contribution is 5.92. The topological polar surface area (TPSA) is 99.9 Å². The van der Waals surface area contributed by atoms with Crippen LogP contribution in [0.1, 0.15) is 12.5 Å². The third-order valence-corrected chi connectivity index (χ3v) is 2.95. The predicted octanol–water partition coefficient (Wildman–Crippen LogP) is 2.37. The van der Waals surface area contributed by atoms with E-state index in [9.17, 15) is 23.7 Å². The summed E-state index contributed by atoms with van der Waals surface area (Å²) in [5, 5.41) is 13.7. The lowest BCUT2D eigenvalue weighted by atomic mass is 10.1. The summed E-state index contributed by atoms with van der Waals surface area (Å²) < 4.78 is 38.7. The van der Waals surface area contributed by atoms with E-state index in [1.165, 1.54) is 20.3 Å². The van der Waals surface area contributed by atoms with Gasteiger partial charge in [0.15, 0.2) is 11.5 Å². The number of nitro groups is 1. The fourth-order valence-electron chi connectivity index (χ4n) is 1.95. The highest BCUT2D eigenvalue weighted by Gasteiger charge is 2.20. The van der Waals surface area contributed by atoms with Gasteiger partial charge in [-0.15, -0.1) is 0 Å².